The van der Waals surface area contributed by atoms with E-state index in [1.165, 1.54) is 14.0 Å². The van der Waals surface area contributed by atoms with Crippen LogP contribution in [0.15, 0.2) is 12.1 Å². The number of nitrogens with zero attached hydrogens (tertiary/aromatic N) is 1. The Morgan fingerprint density at radius 3 is 2.52 bits per heavy atom. The van der Waals surface area contributed by atoms with Crippen molar-refractivity contribution in [2.75, 3.05) is 25.5 Å². The van der Waals surface area contributed by atoms with Gasteiger partial charge in [0.1, 0.15) is 5.75 Å². The van der Waals surface area contributed by atoms with Gasteiger partial charge in [0.15, 0.2) is 0 Å². The van der Waals surface area contributed by atoms with Gasteiger partial charge in [-0.2, -0.15) is 0 Å². The molecule has 0 atom stereocenters. The fourth-order valence-corrected chi connectivity index (χ4v) is 2.35. The highest BCUT2D eigenvalue weighted by Crippen LogP contribution is 2.30. The van der Waals surface area contributed by atoms with Crippen LogP contribution in [0.2, 0.25) is 5.02 Å². The Labute approximate surface area is 142 Å². The maximum Gasteiger partial charge on any atom is 0.226 e. The van der Waals surface area contributed by atoms with Crippen molar-refractivity contribution >= 4 is 29.1 Å². The number of hydrogen-bond acceptors (Lipinski definition) is 3. The first-order valence-electron chi connectivity index (χ1n) is 7.64. The van der Waals surface area contributed by atoms with E-state index in [1.54, 1.807) is 17.0 Å². The molecule has 0 fully saturated rings. The molecule has 0 aliphatic rings. The molecule has 0 saturated carbocycles. The highest BCUT2D eigenvalue weighted by Gasteiger charge is 2.14. The summed E-state index contributed by atoms with van der Waals surface area (Å²) in [6, 6.07) is 3.45. The fourth-order valence-electron chi connectivity index (χ4n) is 2.20. The molecule has 6 heteroatoms. The predicted molar refractivity (Wildman–Crippen MR) is 93.1 cm³/mol. The van der Waals surface area contributed by atoms with Crippen molar-refractivity contribution in [3.63, 3.8) is 0 Å². The molecule has 1 rings (SSSR count). The van der Waals surface area contributed by atoms with Crippen LogP contribution in [-0.2, 0) is 9.59 Å². The van der Waals surface area contributed by atoms with E-state index in [9.17, 15) is 9.59 Å². The summed E-state index contributed by atoms with van der Waals surface area (Å²) in [6.07, 6.45) is 0.233. The molecule has 2 amide bonds. The van der Waals surface area contributed by atoms with E-state index in [-0.39, 0.29) is 18.2 Å². The van der Waals surface area contributed by atoms with E-state index < -0.39 is 0 Å². The average Bonchev–Trinajstić information content (AvgIpc) is 2.46. The molecule has 0 aromatic heterocycles. The molecule has 0 aliphatic carbocycles. The number of carbonyl (C=O) groups is 2. The second-order valence-corrected chi connectivity index (χ2v) is 6.37. The second kappa shape index (κ2) is 8.77. The van der Waals surface area contributed by atoms with Crippen LogP contribution in [0.5, 0.6) is 5.75 Å². The molecule has 0 bridgehead atoms. The Hall–Kier alpha value is -1.75. The number of hydrogen-bond donors (Lipinski definition) is 1. The van der Waals surface area contributed by atoms with Crippen LogP contribution in [0.3, 0.4) is 0 Å². The molecular weight excluding hydrogens is 316 g/mol. The number of aryl methyl sites for hydroxylation is 1. The third kappa shape index (κ3) is 6.10. The van der Waals surface area contributed by atoms with Gasteiger partial charge in [-0.1, -0.05) is 25.4 Å². The Kier molecular flexibility index (Phi) is 7.36. The van der Waals surface area contributed by atoms with Crippen molar-refractivity contribution in [3.05, 3.63) is 22.7 Å². The molecule has 0 saturated heterocycles. The normalized spacial score (nSPS) is 10.6. The molecule has 0 spiro atoms. The van der Waals surface area contributed by atoms with E-state index in [1.807, 2.05) is 20.8 Å². The third-order valence-electron chi connectivity index (χ3n) is 3.39. The molecule has 0 unspecified atom stereocenters. The van der Waals surface area contributed by atoms with Crippen molar-refractivity contribution in [2.45, 2.75) is 34.1 Å². The summed E-state index contributed by atoms with van der Waals surface area (Å²) in [5, 5.41) is 3.40. The van der Waals surface area contributed by atoms with Crippen LogP contribution in [-0.4, -0.2) is 36.9 Å². The average molecular weight is 341 g/mol. The van der Waals surface area contributed by atoms with Gasteiger partial charge < -0.3 is 15.0 Å². The van der Waals surface area contributed by atoms with Crippen LogP contribution in [0, 0.1) is 12.8 Å². The summed E-state index contributed by atoms with van der Waals surface area (Å²) in [4.78, 5) is 25.4. The zero-order valence-electron chi connectivity index (χ0n) is 14.4. The van der Waals surface area contributed by atoms with Crippen molar-refractivity contribution in [2.24, 2.45) is 5.92 Å². The van der Waals surface area contributed by atoms with Gasteiger partial charge in [-0.05, 0) is 24.5 Å². The minimum atomic E-state index is -0.167. The van der Waals surface area contributed by atoms with E-state index in [2.05, 4.69) is 5.32 Å². The molecule has 128 valence electrons. The standard InChI is InChI=1S/C17H25ClN2O3/c1-11(2)10-20(13(4)21)7-6-17(22)19-15-8-12(3)14(18)9-16(15)23-5/h8-9,11H,6-7,10H2,1-5H3,(H,19,22). The molecule has 0 aliphatic heterocycles. The number of amides is 2. The molecule has 0 radical (unpaired) electrons. The van der Waals surface area contributed by atoms with Gasteiger partial charge >= 0.3 is 0 Å². The fraction of sp³-hybridized carbons (Fsp3) is 0.529. The molecule has 0 heterocycles. The third-order valence-corrected chi connectivity index (χ3v) is 3.80. The molecular formula is C17H25ClN2O3. The first-order chi connectivity index (χ1) is 10.7. The number of halogens is 1. The van der Waals surface area contributed by atoms with Gasteiger partial charge in [-0.15, -0.1) is 0 Å². The highest BCUT2D eigenvalue weighted by atomic mass is 35.5. The SMILES string of the molecule is COc1cc(Cl)c(C)cc1NC(=O)CCN(CC(C)C)C(C)=O. The number of nitrogens with one attached hydrogen (secondary N) is 1. The summed E-state index contributed by atoms with van der Waals surface area (Å²) in [5.41, 5.74) is 1.44. The summed E-state index contributed by atoms with van der Waals surface area (Å²) < 4.78 is 5.23. The van der Waals surface area contributed by atoms with Crippen LogP contribution in [0.1, 0.15) is 32.8 Å². The lowest BCUT2D eigenvalue weighted by molar-refractivity contribution is -0.129. The molecule has 1 N–H and O–H groups in total. The maximum atomic E-state index is 12.2. The lowest BCUT2D eigenvalue weighted by Gasteiger charge is -2.23. The van der Waals surface area contributed by atoms with Gasteiger partial charge in [0.05, 0.1) is 12.8 Å². The first-order valence-corrected chi connectivity index (χ1v) is 8.01. The number of ether oxygens (including phenoxy) is 1. The van der Waals surface area contributed by atoms with Crippen molar-refractivity contribution in [3.8, 4) is 5.75 Å². The van der Waals surface area contributed by atoms with Gasteiger partial charge in [-0.25, -0.2) is 0 Å². The zero-order valence-corrected chi connectivity index (χ0v) is 15.2. The number of rotatable bonds is 7. The van der Waals surface area contributed by atoms with Gasteiger partial charge in [0.25, 0.3) is 0 Å². The first kappa shape index (κ1) is 19.3. The summed E-state index contributed by atoms with van der Waals surface area (Å²) in [5.74, 6) is 0.687. The van der Waals surface area contributed by atoms with Crippen LogP contribution >= 0.6 is 11.6 Å². The Balaban J connectivity index is 2.70. The van der Waals surface area contributed by atoms with E-state index in [0.29, 0.717) is 35.5 Å². The molecule has 23 heavy (non-hydrogen) atoms. The van der Waals surface area contributed by atoms with E-state index in [4.69, 9.17) is 16.3 Å². The highest BCUT2D eigenvalue weighted by molar-refractivity contribution is 6.31. The minimum Gasteiger partial charge on any atom is -0.495 e. The second-order valence-electron chi connectivity index (χ2n) is 5.96. The van der Waals surface area contributed by atoms with Gasteiger partial charge in [-0.3, -0.25) is 9.59 Å². The Morgan fingerprint density at radius 2 is 2.00 bits per heavy atom. The smallest absolute Gasteiger partial charge is 0.226 e. The maximum absolute atomic E-state index is 12.2. The van der Waals surface area contributed by atoms with Gasteiger partial charge in [0, 0.05) is 37.5 Å². The number of methoxy groups -OCH3 is 1. The van der Waals surface area contributed by atoms with Crippen molar-refractivity contribution in [1.82, 2.24) is 4.90 Å². The molecule has 1 aromatic rings. The van der Waals surface area contributed by atoms with E-state index >= 15 is 0 Å². The predicted octanol–water partition coefficient (Wildman–Crippen LogP) is 3.49. The quantitative estimate of drug-likeness (QED) is 0.826. The van der Waals surface area contributed by atoms with Crippen molar-refractivity contribution in [1.29, 1.82) is 0 Å². The summed E-state index contributed by atoms with van der Waals surface area (Å²) in [7, 11) is 1.52. The van der Waals surface area contributed by atoms with Crippen LogP contribution in [0.4, 0.5) is 5.69 Å². The summed E-state index contributed by atoms with van der Waals surface area (Å²) in [6.45, 7) is 8.50. The number of anilines is 1. The molecule has 5 nitrogen and oxygen atoms in total. The lowest BCUT2D eigenvalue weighted by Crippen LogP contribution is -2.34. The topological polar surface area (TPSA) is 58.6 Å². The molecule has 1 aromatic carbocycles. The van der Waals surface area contributed by atoms with Crippen LogP contribution < -0.4 is 10.1 Å². The summed E-state index contributed by atoms with van der Waals surface area (Å²) >= 11 is 6.05. The minimum absolute atomic E-state index is 0.0218. The lowest BCUT2D eigenvalue weighted by atomic mass is 10.2. The number of carbonyl (C=O) groups excluding carboxylic acids is 2. The Bertz CT molecular complexity index is 573. The van der Waals surface area contributed by atoms with Crippen molar-refractivity contribution < 1.29 is 14.3 Å². The number of benzene rings is 1. The largest absolute Gasteiger partial charge is 0.495 e. The van der Waals surface area contributed by atoms with Crippen LogP contribution in [0.25, 0.3) is 0 Å². The van der Waals surface area contributed by atoms with Gasteiger partial charge in [0.2, 0.25) is 11.8 Å². The Morgan fingerprint density at radius 1 is 1.35 bits per heavy atom. The van der Waals surface area contributed by atoms with E-state index in [0.717, 1.165) is 5.56 Å². The zero-order chi connectivity index (χ0) is 17.6. The monoisotopic (exact) mass is 340 g/mol.